The van der Waals surface area contributed by atoms with Crippen molar-refractivity contribution in [3.63, 3.8) is 0 Å². The summed E-state index contributed by atoms with van der Waals surface area (Å²) in [5, 5.41) is 0. The number of benzene rings is 2. The topological polar surface area (TPSA) is 36.9 Å². The molecule has 2 atom stereocenters. The maximum atomic E-state index is 7.15. The molecule has 4 nitrogen and oxygen atoms in total. The van der Waals surface area contributed by atoms with Crippen molar-refractivity contribution in [3.8, 4) is 23.0 Å². The van der Waals surface area contributed by atoms with Crippen molar-refractivity contribution in [2.24, 2.45) is 0 Å². The Morgan fingerprint density at radius 3 is 1.27 bits per heavy atom. The molecule has 0 N–H and O–H groups in total. The summed E-state index contributed by atoms with van der Waals surface area (Å²) in [5.74, 6) is 3.00. The fourth-order valence-electron chi connectivity index (χ4n) is 4.42. The van der Waals surface area contributed by atoms with Crippen molar-refractivity contribution in [2.45, 2.75) is 22.6 Å². The molecule has 2 aliphatic rings. The highest BCUT2D eigenvalue weighted by molar-refractivity contribution is 6.28. The molecule has 0 saturated carbocycles. The predicted octanol–water partition coefficient (Wildman–Crippen LogP) is 6.12. The molecule has 4 rings (SSSR count). The zero-order chi connectivity index (χ0) is 21.5. The van der Waals surface area contributed by atoms with Crippen LogP contribution in [-0.2, 0) is 9.75 Å². The first kappa shape index (κ1) is 21.0. The number of hydrogen-bond donors (Lipinski definition) is 0. The second-order valence-corrected chi connectivity index (χ2v) is 8.76. The molecule has 6 heteroatoms. The van der Waals surface area contributed by atoms with Crippen LogP contribution in [0.3, 0.4) is 0 Å². The van der Waals surface area contributed by atoms with Crippen LogP contribution in [0.5, 0.6) is 23.0 Å². The Morgan fingerprint density at radius 2 is 0.933 bits per heavy atom. The Labute approximate surface area is 187 Å². The van der Waals surface area contributed by atoms with E-state index in [2.05, 4.69) is 0 Å². The lowest BCUT2D eigenvalue weighted by molar-refractivity contribution is 0.389. The zero-order valence-corrected chi connectivity index (χ0v) is 18.9. The lowest BCUT2D eigenvalue weighted by atomic mass is 9.87. The van der Waals surface area contributed by atoms with Gasteiger partial charge in [0.25, 0.3) is 0 Å². The smallest absolute Gasteiger partial charge is 0.126 e. The molecule has 2 unspecified atom stereocenters. The fourth-order valence-corrected chi connectivity index (χ4v) is 5.13. The first-order valence-corrected chi connectivity index (χ1v) is 10.4. The summed E-state index contributed by atoms with van der Waals surface area (Å²) >= 11 is 14.3. The number of hydrogen-bond acceptors (Lipinski definition) is 4. The van der Waals surface area contributed by atoms with Gasteiger partial charge >= 0.3 is 0 Å². The Kier molecular flexibility index (Phi) is 5.41. The largest absolute Gasteiger partial charge is 0.496 e. The summed E-state index contributed by atoms with van der Waals surface area (Å²) in [6.07, 6.45) is 9.16. The second kappa shape index (κ2) is 7.75. The minimum absolute atomic E-state index is 0.592. The lowest BCUT2D eigenvalue weighted by Crippen LogP contribution is -2.22. The minimum Gasteiger partial charge on any atom is -0.496 e. The van der Waals surface area contributed by atoms with Gasteiger partial charge in [0, 0.05) is 22.3 Å². The maximum absolute atomic E-state index is 7.15. The van der Waals surface area contributed by atoms with Gasteiger partial charge in [-0.15, -0.1) is 23.2 Å². The van der Waals surface area contributed by atoms with Gasteiger partial charge in [-0.3, -0.25) is 0 Å². The van der Waals surface area contributed by atoms with E-state index in [0.717, 1.165) is 45.3 Å². The van der Waals surface area contributed by atoms with E-state index in [1.165, 1.54) is 0 Å². The van der Waals surface area contributed by atoms with Crippen LogP contribution in [0.25, 0.3) is 12.2 Å². The first-order valence-electron chi connectivity index (χ1n) is 9.68. The lowest BCUT2D eigenvalue weighted by Gasteiger charge is -2.30. The second-order valence-electron chi connectivity index (χ2n) is 7.41. The van der Waals surface area contributed by atoms with Crippen LogP contribution in [0.4, 0.5) is 0 Å². The highest BCUT2D eigenvalue weighted by atomic mass is 35.5. The molecule has 2 aromatic carbocycles. The van der Waals surface area contributed by atoms with Gasteiger partial charge in [0.2, 0.25) is 0 Å². The van der Waals surface area contributed by atoms with Crippen LogP contribution >= 0.6 is 23.2 Å². The third-order valence-electron chi connectivity index (χ3n) is 5.93. The van der Waals surface area contributed by atoms with E-state index < -0.39 is 9.75 Å². The molecular formula is C24H24Cl2O4. The molecule has 0 bridgehead atoms. The van der Waals surface area contributed by atoms with Gasteiger partial charge in [0.05, 0.1) is 38.2 Å². The van der Waals surface area contributed by atoms with Crippen LogP contribution in [0.1, 0.15) is 35.1 Å². The van der Waals surface area contributed by atoms with Gasteiger partial charge in [-0.25, -0.2) is 0 Å². The van der Waals surface area contributed by atoms with Gasteiger partial charge in [-0.05, 0) is 37.1 Å². The standard InChI is InChI=1S/C24H24Cl2O4/c1-27-17-5-7-19(29-3)21-15(17)9-11-23(21,25)13-14-24(26)12-10-16-18(28-2)6-8-20(30-4)22(16)24/h5-12H,13-14H2,1-4H3. The fraction of sp³-hybridized carbons (Fsp3) is 0.333. The van der Waals surface area contributed by atoms with Crippen LogP contribution in [0.2, 0.25) is 0 Å². The zero-order valence-electron chi connectivity index (χ0n) is 17.4. The molecule has 0 saturated heterocycles. The average Bonchev–Trinajstić information content (AvgIpc) is 3.31. The molecule has 0 spiro atoms. The van der Waals surface area contributed by atoms with E-state index in [9.17, 15) is 0 Å². The van der Waals surface area contributed by atoms with Crippen molar-refractivity contribution in [3.05, 3.63) is 58.7 Å². The molecule has 0 aliphatic heterocycles. The first-order chi connectivity index (χ1) is 14.4. The minimum atomic E-state index is -0.750. The summed E-state index contributed by atoms with van der Waals surface area (Å²) in [4.78, 5) is -1.50. The van der Waals surface area contributed by atoms with Crippen LogP contribution < -0.4 is 18.9 Å². The summed E-state index contributed by atoms with van der Waals surface area (Å²) in [6, 6.07) is 7.55. The third kappa shape index (κ3) is 3.14. The van der Waals surface area contributed by atoms with Gasteiger partial charge in [-0.1, -0.05) is 24.3 Å². The normalized spacial score (nSPS) is 23.3. The van der Waals surface area contributed by atoms with Crippen molar-refractivity contribution in [1.82, 2.24) is 0 Å². The molecule has 0 amide bonds. The maximum Gasteiger partial charge on any atom is 0.126 e. The Bertz CT molecular complexity index is 962. The number of rotatable bonds is 7. The Morgan fingerprint density at radius 1 is 0.600 bits per heavy atom. The van der Waals surface area contributed by atoms with E-state index in [4.69, 9.17) is 42.1 Å². The summed E-state index contributed by atoms with van der Waals surface area (Å²) in [5.41, 5.74) is 3.70. The van der Waals surface area contributed by atoms with Gasteiger partial charge in [-0.2, -0.15) is 0 Å². The summed E-state index contributed by atoms with van der Waals surface area (Å²) < 4.78 is 22.3. The van der Waals surface area contributed by atoms with E-state index in [1.807, 2.05) is 48.6 Å². The van der Waals surface area contributed by atoms with E-state index in [-0.39, 0.29) is 0 Å². The molecule has 30 heavy (non-hydrogen) atoms. The summed E-state index contributed by atoms with van der Waals surface area (Å²) in [7, 11) is 6.59. The van der Waals surface area contributed by atoms with Crippen LogP contribution in [-0.4, -0.2) is 28.4 Å². The number of allylic oxidation sites excluding steroid dienone is 2. The molecule has 0 aromatic heterocycles. The third-order valence-corrected chi connectivity index (χ3v) is 6.93. The van der Waals surface area contributed by atoms with Gasteiger partial charge in [0.1, 0.15) is 23.0 Å². The Balaban J connectivity index is 1.69. The monoisotopic (exact) mass is 446 g/mol. The van der Waals surface area contributed by atoms with E-state index in [0.29, 0.717) is 12.8 Å². The Hall–Kier alpha value is -2.30. The van der Waals surface area contributed by atoms with Crippen LogP contribution in [0.15, 0.2) is 36.4 Å². The van der Waals surface area contributed by atoms with Crippen LogP contribution in [0, 0.1) is 0 Å². The SMILES string of the molecule is COc1ccc(OC)c2c1C=CC2(Cl)CCC1(Cl)C=Cc2c(OC)ccc(OC)c21. The highest BCUT2D eigenvalue weighted by Gasteiger charge is 2.43. The number of ether oxygens (including phenoxy) is 4. The molecular weight excluding hydrogens is 423 g/mol. The van der Waals surface area contributed by atoms with Gasteiger partial charge < -0.3 is 18.9 Å². The number of fused-ring (bicyclic) bond motifs is 2. The molecule has 0 heterocycles. The average molecular weight is 447 g/mol. The van der Waals surface area contributed by atoms with Crippen molar-refractivity contribution >= 4 is 35.4 Å². The van der Waals surface area contributed by atoms with E-state index in [1.54, 1.807) is 28.4 Å². The predicted molar refractivity (Wildman–Crippen MR) is 121 cm³/mol. The number of halogens is 2. The van der Waals surface area contributed by atoms with Crippen molar-refractivity contribution in [2.75, 3.05) is 28.4 Å². The van der Waals surface area contributed by atoms with Crippen molar-refractivity contribution in [1.29, 1.82) is 0 Å². The van der Waals surface area contributed by atoms with Crippen molar-refractivity contribution < 1.29 is 18.9 Å². The highest BCUT2D eigenvalue weighted by Crippen LogP contribution is 2.55. The van der Waals surface area contributed by atoms with Gasteiger partial charge in [0.15, 0.2) is 0 Å². The molecule has 0 radical (unpaired) electrons. The molecule has 2 aromatic rings. The molecule has 158 valence electrons. The molecule has 2 aliphatic carbocycles. The summed E-state index contributed by atoms with van der Waals surface area (Å²) in [6.45, 7) is 0. The number of alkyl halides is 2. The quantitative estimate of drug-likeness (QED) is 0.479. The molecule has 0 fully saturated rings. The number of methoxy groups -OCH3 is 4. The van der Waals surface area contributed by atoms with E-state index >= 15 is 0 Å².